The molecule has 1 fully saturated rings. The number of hydrogen-bond donors (Lipinski definition) is 1. The van der Waals surface area contributed by atoms with Crippen LogP contribution in [-0.2, 0) is 6.54 Å². The number of nitrogens with one attached hydrogen (secondary N) is 1. The van der Waals surface area contributed by atoms with E-state index in [0.29, 0.717) is 6.54 Å². The van der Waals surface area contributed by atoms with Gasteiger partial charge in [-0.05, 0) is 31.2 Å². The minimum atomic E-state index is 0.637. The highest BCUT2D eigenvalue weighted by molar-refractivity contribution is 5.60. The zero-order valence-electron chi connectivity index (χ0n) is 16.9. The van der Waals surface area contributed by atoms with E-state index in [9.17, 15) is 0 Å². The normalized spacial score (nSPS) is 14.0. The Kier molecular flexibility index (Phi) is 5.74. The van der Waals surface area contributed by atoms with E-state index < -0.39 is 0 Å². The molecule has 4 rings (SSSR count). The summed E-state index contributed by atoms with van der Waals surface area (Å²) in [5.74, 6) is 3.46. The van der Waals surface area contributed by atoms with E-state index in [1.54, 1.807) is 13.3 Å². The number of aromatic nitrogens is 3. The Morgan fingerprint density at radius 3 is 2.48 bits per heavy atom. The molecule has 1 saturated heterocycles. The van der Waals surface area contributed by atoms with Crippen molar-refractivity contribution in [1.29, 1.82) is 0 Å². The van der Waals surface area contributed by atoms with Crippen molar-refractivity contribution in [3.63, 3.8) is 0 Å². The molecule has 0 amide bonds. The summed E-state index contributed by atoms with van der Waals surface area (Å²) < 4.78 is 5.52. The van der Waals surface area contributed by atoms with E-state index in [1.165, 1.54) is 0 Å². The molecule has 0 atom stereocenters. The Hall–Kier alpha value is -3.35. The first kappa shape index (κ1) is 19.0. The number of piperazine rings is 1. The molecule has 1 aliphatic heterocycles. The monoisotopic (exact) mass is 390 g/mol. The lowest BCUT2D eigenvalue weighted by molar-refractivity contribution is 0.413. The lowest BCUT2D eigenvalue weighted by atomic mass is 10.2. The van der Waals surface area contributed by atoms with Crippen molar-refractivity contribution in [3.8, 4) is 5.75 Å². The van der Waals surface area contributed by atoms with Crippen LogP contribution in [0.15, 0.2) is 54.7 Å². The van der Waals surface area contributed by atoms with Crippen LogP contribution in [0.1, 0.15) is 11.5 Å². The summed E-state index contributed by atoms with van der Waals surface area (Å²) in [6.45, 7) is 6.20. The summed E-state index contributed by atoms with van der Waals surface area (Å²) in [5, 5.41) is 3.36. The fourth-order valence-corrected chi connectivity index (χ4v) is 3.56. The lowest BCUT2D eigenvalue weighted by Crippen LogP contribution is -2.47. The SMILES string of the molecule is COc1ccccc1N1CCN(c2cc(NCc3ccccn3)nc(C)n2)CC1. The van der Waals surface area contributed by atoms with Crippen molar-refractivity contribution in [2.75, 3.05) is 48.4 Å². The zero-order valence-corrected chi connectivity index (χ0v) is 16.9. The van der Waals surface area contributed by atoms with E-state index in [-0.39, 0.29) is 0 Å². The van der Waals surface area contributed by atoms with Crippen LogP contribution in [-0.4, -0.2) is 48.2 Å². The van der Waals surface area contributed by atoms with Crippen LogP contribution in [0.5, 0.6) is 5.75 Å². The third-order valence-electron chi connectivity index (χ3n) is 5.03. The lowest BCUT2D eigenvalue weighted by Gasteiger charge is -2.37. The Bertz CT molecular complexity index is 941. The van der Waals surface area contributed by atoms with Gasteiger partial charge in [0, 0.05) is 38.4 Å². The smallest absolute Gasteiger partial charge is 0.142 e. The summed E-state index contributed by atoms with van der Waals surface area (Å²) in [6, 6.07) is 16.1. The fraction of sp³-hybridized carbons (Fsp3) is 0.318. The van der Waals surface area contributed by atoms with Gasteiger partial charge in [-0.25, -0.2) is 9.97 Å². The minimum absolute atomic E-state index is 0.637. The highest BCUT2D eigenvalue weighted by atomic mass is 16.5. The molecule has 3 heterocycles. The van der Waals surface area contributed by atoms with Gasteiger partial charge < -0.3 is 19.9 Å². The summed E-state index contributed by atoms with van der Waals surface area (Å²) in [7, 11) is 1.72. The molecule has 0 unspecified atom stereocenters. The molecule has 1 aliphatic rings. The number of hydrogen-bond acceptors (Lipinski definition) is 7. The van der Waals surface area contributed by atoms with Gasteiger partial charge in [0.25, 0.3) is 0 Å². The van der Waals surface area contributed by atoms with Crippen LogP contribution in [0, 0.1) is 6.92 Å². The molecule has 3 aromatic rings. The predicted molar refractivity (Wildman–Crippen MR) is 116 cm³/mol. The predicted octanol–water partition coefficient (Wildman–Crippen LogP) is 3.13. The Labute approximate surface area is 171 Å². The van der Waals surface area contributed by atoms with Crippen LogP contribution in [0.2, 0.25) is 0 Å². The molecule has 2 aromatic heterocycles. The third-order valence-corrected chi connectivity index (χ3v) is 5.03. The first-order chi connectivity index (χ1) is 14.2. The zero-order chi connectivity index (χ0) is 20.1. The maximum absolute atomic E-state index is 5.52. The quantitative estimate of drug-likeness (QED) is 0.694. The van der Waals surface area contributed by atoms with Crippen molar-refractivity contribution < 1.29 is 4.74 Å². The fourth-order valence-electron chi connectivity index (χ4n) is 3.56. The Morgan fingerprint density at radius 1 is 0.966 bits per heavy atom. The highest BCUT2D eigenvalue weighted by Gasteiger charge is 2.21. The van der Waals surface area contributed by atoms with E-state index >= 15 is 0 Å². The van der Waals surface area contributed by atoms with Gasteiger partial charge >= 0.3 is 0 Å². The van der Waals surface area contributed by atoms with E-state index in [0.717, 1.165) is 60.8 Å². The first-order valence-electron chi connectivity index (χ1n) is 9.85. The summed E-state index contributed by atoms with van der Waals surface area (Å²) in [6.07, 6.45) is 1.80. The molecule has 7 heteroatoms. The molecule has 1 N–H and O–H groups in total. The molecule has 0 bridgehead atoms. The number of anilines is 3. The number of benzene rings is 1. The van der Waals surface area contributed by atoms with Gasteiger partial charge in [0.15, 0.2) is 0 Å². The molecule has 1 aromatic carbocycles. The number of aryl methyl sites for hydroxylation is 1. The average molecular weight is 390 g/mol. The second-order valence-corrected chi connectivity index (χ2v) is 6.98. The third kappa shape index (κ3) is 4.56. The molecule has 0 spiro atoms. The summed E-state index contributed by atoms with van der Waals surface area (Å²) in [5.41, 5.74) is 2.13. The second kappa shape index (κ2) is 8.77. The molecule has 7 nitrogen and oxygen atoms in total. The molecule has 29 heavy (non-hydrogen) atoms. The van der Waals surface area contributed by atoms with Crippen molar-refractivity contribution in [2.45, 2.75) is 13.5 Å². The van der Waals surface area contributed by atoms with Gasteiger partial charge in [0.05, 0.1) is 25.0 Å². The van der Waals surface area contributed by atoms with Crippen LogP contribution in [0.4, 0.5) is 17.3 Å². The molecular formula is C22H26N6O. The van der Waals surface area contributed by atoms with Crippen LogP contribution >= 0.6 is 0 Å². The van der Waals surface area contributed by atoms with E-state index in [4.69, 9.17) is 4.74 Å². The molecule has 0 aliphatic carbocycles. The van der Waals surface area contributed by atoms with Crippen LogP contribution in [0.3, 0.4) is 0 Å². The highest BCUT2D eigenvalue weighted by Crippen LogP contribution is 2.29. The van der Waals surface area contributed by atoms with Gasteiger partial charge in [0.1, 0.15) is 23.2 Å². The number of methoxy groups -OCH3 is 1. The van der Waals surface area contributed by atoms with Crippen LogP contribution < -0.4 is 19.9 Å². The van der Waals surface area contributed by atoms with Gasteiger partial charge in [-0.2, -0.15) is 0 Å². The average Bonchev–Trinajstić information content (AvgIpc) is 2.78. The standard InChI is InChI=1S/C22H26N6O/c1-17-25-21(24-16-18-7-5-6-10-23-18)15-22(26-17)28-13-11-27(12-14-28)19-8-3-4-9-20(19)29-2/h3-10,15H,11-14,16H2,1-2H3,(H,24,25,26). The maximum Gasteiger partial charge on any atom is 0.142 e. The first-order valence-corrected chi connectivity index (χ1v) is 9.85. The van der Waals surface area contributed by atoms with Gasteiger partial charge in [-0.3, -0.25) is 4.98 Å². The van der Waals surface area contributed by atoms with Gasteiger partial charge in [0.2, 0.25) is 0 Å². The summed E-state index contributed by atoms with van der Waals surface area (Å²) in [4.78, 5) is 18.2. The van der Waals surface area contributed by atoms with Crippen molar-refractivity contribution in [1.82, 2.24) is 15.0 Å². The molecule has 150 valence electrons. The minimum Gasteiger partial charge on any atom is -0.495 e. The Balaban J connectivity index is 1.42. The van der Waals surface area contributed by atoms with Crippen LogP contribution in [0.25, 0.3) is 0 Å². The number of ether oxygens (including phenoxy) is 1. The maximum atomic E-state index is 5.52. The van der Waals surface area contributed by atoms with Crippen molar-refractivity contribution >= 4 is 17.3 Å². The number of rotatable bonds is 6. The van der Waals surface area contributed by atoms with E-state index in [1.807, 2.05) is 43.3 Å². The van der Waals surface area contributed by atoms with E-state index in [2.05, 4.69) is 42.2 Å². The van der Waals surface area contributed by atoms with Crippen molar-refractivity contribution in [2.24, 2.45) is 0 Å². The summed E-state index contributed by atoms with van der Waals surface area (Å²) >= 11 is 0. The number of para-hydroxylation sites is 2. The van der Waals surface area contributed by atoms with Gasteiger partial charge in [-0.15, -0.1) is 0 Å². The second-order valence-electron chi connectivity index (χ2n) is 6.98. The number of nitrogens with zero attached hydrogens (tertiary/aromatic N) is 5. The number of pyridine rings is 1. The molecular weight excluding hydrogens is 364 g/mol. The largest absolute Gasteiger partial charge is 0.495 e. The van der Waals surface area contributed by atoms with Gasteiger partial charge in [-0.1, -0.05) is 18.2 Å². The Morgan fingerprint density at radius 2 is 1.72 bits per heavy atom. The van der Waals surface area contributed by atoms with Crippen molar-refractivity contribution in [3.05, 3.63) is 66.2 Å². The molecule has 0 saturated carbocycles. The topological polar surface area (TPSA) is 66.4 Å². The molecule has 0 radical (unpaired) electrons.